The van der Waals surface area contributed by atoms with Crippen molar-refractivity contribution in [3.8, 4) is 28.9 Å². The van der Waals surface area contributed by atoms with Gasteiger partial charge in [-0.15, -0.1) is 5.10 Å². The number of nitrogens with zero attached hydrogens (tertiary/aromatic N) is 6. The number of benzene rings is 3. The Labute approximate surface area is 224 Å². The van der Waals surface area contributed by atoms with Crippen LogP contribution < -0.4 is 14.2 Å². The summed E-state index contributed by atoms with van der Waals surface area (Å²) >= 11 is 0. The Kier molecular flexibility index (Phi) is 5.47. The molecule has 0 saturated carbocycles. The van der Waals surface area contributed by atoms with Gasteiger partial charge >= 0.3 is 0 Å². The summed E-state index contributed by atoms with van der Waals surface area (Å²) < 4.78 is 21.4. The maximum Gasteiger partial charge on any atom is 0.230 e. The van der Waals surface area contributed by atoms with Gasteiger partial charge in [-0.2, -0.15) is 5.10 Å². The Morgan fingerprint density at radius 3 is 2.33 bits per heavy atom. The largest absolute Gasteiger partial charge is 0.493 e. The summed E-state index contributed by atoms with van der Waals surface area (Å²) in [5, 5.41) is 9.53. The van der Waals surface area contributed by atoms with Crippen LogP contribution in [0.15, 0.2) is 91.3 Å². The van der Waals surface area contributed by atoms with E-state index in [0.29, 0.717) is 34.7 Å². The first kappa shape index (κ1) is 23.0. The fourth-order valence-corrected chi connectivity index (χ4v) is 5.09. The number of rotatable bonds is 6. The molecule has 0 radical (unpaired) electrons. The Bertz CT molecular complexity index is 1800. The molecule has 9 heteroatoms. The molecular formula is C30H24N6O3. The van der Waals surface area contributed by atoms with Crippen LogP contribution in [0.1, 0.15) is 34.1 Å². The van der Waals surface area contributed by atoms with Crippen molar-refractivity contribution >= 4 is 5.65 Å². The third-order valence-electron chi connectivity index (χ3n) is 6.82. The third kappa shape index (κ3) is 3.86. The second kappa shape index (κ2) is 9.29. The minimum absolute atomic E-state index is 0.171. The minimum Gasteiger partial charge on any atom is -0.493 e. The summed E-state index contributed by atoms with van der Waals surface area (Å²) in [6.07, 6.45) is 1.62. The molecule has 0 aliphatic carbocycles. The van der Waals surface area contributed by atoms with E-state index in [1.54, 1.807) is 18.0 Å². The van der Waals surface area contributed by atoms with E-state index in [1.807, 2.05) is 84.4 Å². The van der Waals surface area contributed by atoms with E-state index in [1.165, 1.54) is 0 Å². The van der Waals surface area contributed by atoms with Gasteiger partial charge in [-0.25, -0.2) is 19.2 Å². The number of aromatic nitrogens is 6. The lowest BCUT2D eigenvalue weighted by Gasteiger charge is -2.26. The minimum atomic E-state index is -0.203. The van der Waals surface area contributed by atoms with Gasteiger partial charge in [0.1, 0.15) is 12.9 Å². The molecule has 4 heterocycles. The number of hydrogen-bond donors (Lipinski definition) is 0. The van der Waals surface area contributed by atoms with E-state index in [4.69, 9.17) is 24.3 Å². The normalized spacial score (nSPS) is 13.9. The summed E-state index contributed by atoms with van der Waals surface area (Å²) in [7, 11) is 1.61. The predicted molar refractivity (Wildman–Crippen MR) is 144 cm³/mol. The average Bonchev–Trinajstić information content (AvgIpc) is 3.56. The molecule has 0 saturated heterocycles. The van der Waals surface area contributed by atoms with Gasteiger partial charge in [0.05, 0.1) is 35.5 Å². The zero-order chi connectivity index (χ0) is 26.3. The van der Waals surface area contributed by atoms with Crippen LogP contribution in [0.5, 0.6) is 23.3 Å². The van der Waals surface area contributed by atoms with Crippen LogP contribution in [0, 0.1) is 6.92 Å². The fourth-order valence-electron chi connectivity index (χ4n) is 5.09. The van der Waals surface area contributed by atoms with Crippen molar-refractivity contribution in [2.75, 3.05) is 7.11 Å². The lowest BCUT2D eigenvalue weighted by atomic mass is 9.84. The second-order valence-corrected chi connectivity index (χ2v) is 9.20. The molecular weight excluding hydrogens is 492 g/mol. The quantitative estimate of drug-likeness (QED) is 0.289. The van der Waals surface area contributed by atoms with Crippen LogP contribution in [-0.2, 0) is 6.61 Å². The van der Waals surface area contributed by atoms with Crippen LogP contribution in [0.25, 0.3) is 11.3 Å². The van der Waals surface area contributed by atoms with Gasteiger partial charge in [0, 0.05) is 0 Å². The summed E-state index contributed by atoms with van der Waals surface area (Å²) in [6, 6.07) is 27.7. The summed E-state index contributed by atoms with van der Waals surface area (Å²) in [6.45, 7) is 2.18. The predicted octanol–water partition coefficient (Wildman–Crippen LogP) is 5.49. The van der Waals surface area contributed by atoms with Crippen molar-refractivity contribution in [3.63, 3.8) is 0 Å². The first-order chi connectivity index (χ1) is 19.2. The van der Waals surface area contributed by atoms with E-state index >= 15 is 0 Å². The van der Waals surface area contributed by atoms with Crippen LogP contribution in [0.4, 0.5) is 0 Å². The summed E-state index contributed by atoms with van der Waals surface area (Å²) in [5.41, 5.74) is 5.34. The van der Waals surface area contributed by atoms with E-state index < -0.39 is 0 Å². The highest BCUT2D eigenvalue weighted by Crippen LogP contribution is 2.49. The molecule has 3 aromatic heterocycles. The smallest absolute Gasteiger partial charge is 0.230 e. The van der Waals surface area contributed by atoms with Crippen LogP contribution in [0.3, 0.4) is 0 Å². The average molecular weight is 517 g/mol. The molecule has 0 fully saturated rings. The van der Waals surface area contributed by atoms with Crippen LogP contribution >= 0.6 is 0 Å². The highest BCUT2D eigenvalue weighted by molar-refractivity contribution is 5.66. The van der Waals surface area contributed by atoms with Crippen LogP contribution in [0.2, 0.25) is 0 Å². The van der Waals surface area contributed by atoms with E-state index in [0.717, 1.165) is 28.1 Å². The molecule has 1 aliphatic heterocycles. The SMILES string of the molecule is COc1ccccc1OCc1nc2c3c(ncn2n1)Oc1c(c(C)nn1-c1ccccc1)C3c1ccccc1. The molecule has 9 nitrogen and oxygen atoms in total. The zero-order valence-corrected chi connectivity index (χ0v) is 21.4. The molecule has 39 heavy (non-hydrogen) atoms. The van der Waals surface area contributed by atoms with Crippen molar-refractivity contribution in [1.82, 2.24) is 29.4 Å². The van der Waals surface area contributed by atoms with Gasteiger partial charge in [-0.05, 0) is 36.8 Å². The molecule has 0 N–H and O–H groups in total. The van der Waals surface area contributed by atoms with Crippen LogP contribution in [-0.4, -0.2) is 36.5 Å². The van der Waals surface area contributed by atoms with Gasteiger partial charge in [-0.3, -0.25) is 0 Å². The molecule has 0 spiro atoms. The lowest BCUT2D eigenvalue weighted by molar-refractivity contribution is 0.276. The van der Waals surface area contributed by atoms with Crippen molar-refractivity contribution in [2.24, 2.45) is 0 Å². The van der Waals surface area contributed by atoms with Crippen molar-refractivity contribution in [1.29, 1.82) is 0 Å². The van der Waals surface area contributed by atoms with E-state index in [-0.39, 0.29) is 12.5 Å². The monoisotopic (exact) mass is 516 g/mol. The Morgan fingerprint density at radius 1 is 0.846 bits per heavy atom. The number of methoxy groups -OCH3 is 1. The van der Waals surface area contributed by atoms with Gasteiger partial charge in [-0.1, -0.05) is 60.7 Å². The maximum atomic E-state index is 6.47. The maximum absolute atomic E-state index is 6.47. The van der Waals surface area contributed by atoms with Gasteiger partial charge in [0.15, 0.2) is 23.0 Å². The Morgan fingerprint density at radius 2 is 1.56 bits per heavy atom. The van der Waals surface area contributed by atoms with E-state index in [2.05, 4.69) is 22.2 Å². The molecule has 3 aromatic carbocycles. The first-order valence-corrected chi connectivity index (χ1v) is 12.6. The molecule has 6 aromatic rings. The van der Waals surface area contributed by atoms with E-state index in [9.17, 15) is 0 Å². The highest BCUT2D eigenvalue weighted by Gasteiger charge is 2.38. The molecule has 7 rings (SSSR count). The van der Waals surface area contributed by atoms with Gasteiger partial charge < -0.3 is 14.2 Å². The van der Waals surface area contributed by atoms with Gasteiger partial charge in [0.2, 0.25) is 11.8 Å². The first-order valence-electron chi connectivity index (χ1n) is 12.6. The summed E-state index contributed by atoms with van der Waals surface area (Å²) in [4.78, 5) is 9.54. The lowest BCUT2D eigenvalue weighted by Crippen LogP contribution is -2.16. The molecule has 1 unspecified atom stereocenters. The molecule has 0 amide bonds. The third-order valence-corrected chi connectivity index (χ3v) is 6.82. The number of fused-ring (bicyclic) bond motifs is 4. The molecule has 192 valence electrons. The Hall–Kier alpha value is -5.18. The number of hydrogen-bond acceptors (Lipinski definition) is 7. The zero-order valence-electron chi connectivity index (χ0n) is 21.4. The highest BCUT2D eigenvalue weighted by atomic mass is 16.5. The second-order valence-electron chi connectivity index (χ2n) is 9.20. The van der Waals surface area contributed by atoms with Crippen molar-refractivity contribution < 1.29 is 14.2 Å². The molecule has 1 aliphatic rings. The van der Waals surface area contributed by atoms with Crippen molar-refractivity contribution in [3.05, 3.63) is 119 Å². The summed E-state index contributed by atoms with van der Waals surface area (Å²) in [5.74, 6) is 2.72. The Balaban J connectivity index is 1.35. The topological polar surface area (TPSA) is 88.6 Å². The number of ether oxygens (including phenoxy) is 3. The fraction of sp³-hybridized carbons (Fsp3) is 0.133. The number of para-hydroxylation sites is 3. The van der Waals surface area contributed by atoms with Gasteiger partial charge in [0.25, 0.3) is 0 Å². The number of aryl methyl sites for hydroxylation is 1. The van der Waals surface area contributed by atoms with Crippen molar-refractivity contribution in [2.45, 2.75) is 19.4 Å². The molecule has 0 bridgehead atoms. The molecule has 1 atom stereocenters. The standard InChI is InChI=1S/C30H24N6O3/c1-19-25-26(20-11-5-3-6-12-20)27-28-32-24(17-38-23-16-10-9-15-22(23)37-2)34-35(28)18-31-29(27)39-30(25)36(33-19)21-13-7-4-8-14-21/h3-16,18,26H,17H2,1-2H3.